The van der Waals surface area contributed by atoms with Gasteiger partial charge in [-0.05, 0) is 30.4 Å². The van der Waals surface area contributed by atoms with Gasteiger partial charge in [-0.1, -0.05) is 0 Å². The second-order valence-electron chi connectivity index (χ2n) is 3.14. The number of aromatic hydroxyl groups is 1. The van der Waals surface area contributed by atoms with Crippen molar-refractivity contribution < 1.29 is 20.1 Å². The number of thiocarbonyl (C=S) groups is 1. The van der Waals surface area contributed by atoms with Crippen LogP contribution in [0.4, 0.5) is 5.69 Å². The van der Waals surface area contributed by atoms with E-state index in [2.05, 4.69) is 10.6 Å². The quantitative estimate of drug-likeness (QED) is 0.392. The van der Waals surface area contributed by atoms with E-state index in [-0.39, 0.29) is 23.0 Å². The summed E-state index contributed by atoms with van der Waals surface area (Å²) in [5, 5.41) is 32.4. The Labute approximate surface area is 103 Å². The Morgan fingerprint density at radius 1 is 1.41 bits per heavy atom. The van der Waals surface area contributed by atoms with E-state index < -0.39 is 5.97 Å². The van der Waals surface area contributed by atoms with Crippen LogP contribution >= 0.6 is 12.2 Å². The fourth-order valence-electron chi connectivity index (χ4n) is 1.13. The van der Waals surface area contributed by atoms with Crippen LogP contribution in [0.1, 0.15) is 10.4 Å². The van der Waals surface area contributed by atoms with Gasteiger partial charge >= 0.3 is 5.97 Å². The van der Waals surface area contributed by atoms with Gasteiger partial charge in [-0.3, -0.25) is 0 Å². The number of carbonyl (C=O) groups is 1. The zero-order valence-corrected chi connectivity index (χ0v) is 9.62. The summed E-state index contributed by atoms with van der Waals surface area (Å²) in [6.07, 6.45) is 0. The first-order valence-electron chi connectivity index (χ1n) is 4.76. The monoisotopic (exact) mass is 256 g/mol. The molecule has 0 bridgehead atoms. The molecule has 0 aliphatic carbocycles. The molecule has 0 radical (unpaired) electrons. The predicted octanol–water partition coefficient (Wildman–Crippen LogP) is 0.369. The molecule has 1 aromatic carbocycles. The molecule has 0 heterocycles. The van der Waals surface area contributed by atoms with E-state index in [1.165, 1.54) is 18.2 Å². The summed E-state index contributed by atoms with van der Waals surface area (Å²) in [6, 6.07) is 4.03. The third kappa shape index (κ3) is 3.89. The Hall–Kier alpha value is -1.86. The maximum atomic E-state index is 10.8. The summed E-state index contributed by atoms with van der Waals surface area (Å²) in [6.45, 7) is 0.244. The second-order valence-corrected chi connectivity index (χ2v) is 3.55. The molecule has 0 saturated heterocycles. The average Bonchev–Trinajstić information content (AvgIpc) is 2.28. The van der Waals surface area contributed by atoms with Gasteiger partial charge in [0.05, 0.1) is 6.61 Å². The molecule has 0 spiro atoms. The lowest BCUT2D eigenvalue weighted by atomic mass is 10.2. The predicted molar refractivity (Wildman–Crippen MR) is 66.4 cm³/mol. The van der Waals surface area contributed by atoms with Gasteiger partial charge in [0.25, 0.3) is 0 Å². The molecule has 0 unspecified atom stereocenters. The maximum Gasteiger partial charge on any atom is 0.339 e. The number of hydrogen-bond donors (Lipinski definition) is 5. The highest BCUT2D eigenvalue weighted by Gasteiger charge is 2.10. The molecule has 0 saturated carbocycles. The van der Waals surface area contributed by atoms with Crippen LogP contribution < -0.4 is 10.6 Å². The first kappa shape index (κ1) is 13.2. The van der Waals surface area contributed by atoms with Crippen molar-refractivity contribution in [1.29, 1.82) is 0 Å². The lowest BCUT2D eigenvalue weighted by molar-refractivity contribution is 0.0694. The van der Waals surface area contributed by atoms with E-state index in [9.17, 15) is 9.90 Å². The van der Waals surface area contributed by atoms with E-state index in [1.54, 1.807) is 0 Å². The largest absolute Gasteiger partial charge is 0.507 e. The summed E-state index contributed by atoms with van der Waals surface area (Å²) in [5.74, 6) is -1.53. The van der Waals surface area contributed by atoms with Crippen molar-refractivity contribution in [2.75, 3.05) is 18.5 Å². The minimum absolute atomic E-state index is 0.0578. The summed E-state index contributed by atoms with van der Waals surface area (Å²) in [4.78, 5) is 10.8. The van der Waals surface area contributed by atoms with Crippen LogP contribution in [0.5, 0.6) is 5.75 Å². The van der Waals surface area contributed by atoms with E-state index >= 15 is 0 Å². The van der Waals surface area contributed by atoms with E-state index in [0.29, 0.717) is 12.2 Å². The van der Waals surface area contributed by atoms with Gasteiger partial charge in [-0.2, -0.15) is 0 Å². The molecule has 17 heavy (non-hydrogen) atoms. The normalized spacial score (nSPS) is 9.71. The Kier molecular flexibility index (Phi) is 4.68. The molecule has 0 fully saturated rings. The molecule has 7 heteroatoms. The molecule has 0 aliphatic rings. The highest BCUT2D eigenvalue weighted by atomic mass is 32.1. The molecule has 92 valence electrons. The van der Waals surface area contributed by atoms with Gasteiger partial charge in [-0.25, -0.2) is 4.79 Å². The zero-order chi connectivity index (χ0) is 12.8. The van der Waals surface area contributed by atoms with Crippen molar-refractivity contribution in [3.8, 4) is 5.75 Å². The average molecular weight is 256 g/mol. The van der Waals surface area contributed by atoms with E-state index in [1.807, 2.05) is 0 Å². The number of aliphatic hydroxyl groups is 1. The van der Waals surface area contributed by atoms with Gasteiger partial charge in [0, 0.05) is 12.2 Å². The van der Waals surface area contributed by atoms with Gasteiger partial charge in [0.15, 0.2) is 5.11 Å². The van der Waals surface area contributed by atoms with Crippen molar-refractivity contribution in [2.24, 2.45) is 0 Å². The van der Waals surface area contributed by atoms with Gasteiger partial charge in [0.2, 0.25) is 0 Å². The lowest BCUT2D eigenvalue weighted by Gasteiger charge is -2.10. The molecular formula is C10H12N2O4S. The summed E-state index contributed by atoms with van der Waals surface area (Å²) < 4.78 is 0. The Morgan fingerprint density at radius 2 is 2.12 bits per heavy atom. The molecule has 0 aliphatic heterocycles. The highest BCUT2D eigenvalue weighted by Crippen LogP contribution is 2.21. The summed E-state index contributed by atoms with van der Waals surface area (Å²) >= 11 is 4.90. The molecular weight excluding hydrogens is 244 g/mol. The minimum atomic E-state index is -1.22. The van der Waals surface area contributed by atoms with Crippen molar-refractivity contribution in [1.82, 2.24) is 5.32 Å². The van der Waals surface area contributed by atoms with Crippen molar-refractivity contribution in [2.45, 2.75) is 0 Å². The highest BCUT2D eigenvalue weighted by molar-refractivity contribution is 7.80. The summed E-state index contributed by atoms with van der Waals surface area (Å²) in [7, 11) is 0. The van der Waals surface area contributed by atoms with Crippen molar-refractivity contribution in [3.05, 3.63) is 23.8 Å². The van der Waals surface area contributed by atoms with Gasteiger partial charge < -0.3 is 26.0 Å². The zero-order valence-electron chi connectivity index (χ0n) is 8.80. The van der Waals surface area contributed by atoms with Gasteiger partial charge in [0.1, 0.15) is 11.3 Å². The third-order valence-electron chi connectivity index (χ3n) is 1.88. The van der Waals surface area contributed by atoms with Crippen LogP contribution in [-0.4, -0.2) is 39.6 Å². The standard InChI is InChI=1S/C10H12N2O4S/c13-4-3-11-10(17)12-6-1-2-8(14)7(5-6)9(15)16/h1-2,5,13-14H,3-4H2,(H,15,16)(H2,11,12,17). The Balaban J connectivity index is 2.75. The smallest absolute Gasteiger partial charge is 0.339 e. The van der Waals surface area contributed by atoms with Gasteiger partial charge in [-0.15, -0.1) is 0 Å². The van der Waals surface area contributed by atoms with Crippen LogP contribution in [0.2, 0.25) is 0 Å². The number of carboxylic acids is 1. The molecule has 0 amide bonds. The number of carboxylic acid groups (broad SMARTS) is 1. The Morgan fingerprint density at radius 3 is 2.71 bits per heavy atom. The fraction of sp³-hybridized carbons (Fsp3) is 0.200. The van der Waals surface area contributed by atoms with E-state index in [0.717, 1.165) is 0 Å². The number of aromatic carboxylic acids is 1. The van der Waals surface area contributed by atoms with Crippen molar-refractivity contribution in [3.63, 3.8) is 0 Å². The number of phenols is 1. The number of nitrogens with one attached hydrogen (secondary N) is 2. The van der Waals surface area contributed by atoms with Crippen LogP contribution in [0.15, 0.2) is 18.2 Å². The minimum Gasteiger partial charge on any atom is -0.507 e. The summed E-state index contributed by atoms with van der Waals surface area (Å²) in [5.41, 5.74) is 0.232. The second kappa shape index (κ2) is 6.02. The lowest BCUT2D eigenvalue weighted by Crippen LogP contribution is -2.30. The Bertz CT molecular complexity index is 436. The molecule has 1 aromatic rings. The first-order valence-corrected chi connectivity index (χ1v) is 5.17. The molecule has 0 aromatic heterocycles. The number of rotatable bonds is 4. The number of anilines is 1. The molecule has 6 nitrogen and oxygen atoms in total. The van der Waals surface area contributed by atoms with Crippen LogP contribution in [0.3, 0.4) is 0 Å². The number of hydrogen-bond acceptors (Lipinski definition) is 4. The van der Waals surface area contributed by atoms with Crippen molar-refractivity contribution >= 4 is 29.0 Å². The molecule has 0 atom stereocenters. The van der Waals surface area contributed by atoms with Crippen LogP contribution in [0, 0.1) is 0 Å². The maximum absolute atomic E-state index is 10.8. The van der Waals surface area contributed by atoms with Crippen LogP contribution in [-0.2, 0) is 0 Å². The molecule has 1 rings (SSSR count). The number of benzene rings is 1. The fourth-order valence-corrected chi connectivity index (χ4v) is 1.35. The molecule has 5 N–H and O–H groups in total. The van der Waals surface area contributed by atoms with Crippen LogP contribution in [0.25, 0.3) is 0 Å². The topological polar surface area (TPSA) is 102 Å². The first-order chi connectivity index (χ1) is 8.04. The van der Waals surface area contributed by atoms with E-state index in [4.69, 9.17) is 22.4 Å². The third-order valence-corrected chi connectivity index (χ3v) is 2.13. The SMILES string of the molecule is O=C(O)c1cc(NC(=S)NCCO)ccc1O. The number of aliphatic hydroxyl groups excluding tert-OH is 1.